The summed E-state index contributed by atoms with van der Waals surface area (Å²) in [5, 5.41) is 12.4. The molecule has 1 saturated heterocycles. The monoisotopic (exact) mass is 453 g/mol. The van der Waals surface area contributed by atoms with E-state index in [1.165, 1.54) is 17.0 Å². The third-order valence-corrected chi connectivity index (χ3v) is 5.62. The molecule has 1 amide bonds. The highest BCUT2D eigenvalue weighted by atomic mass is 35.5. The lowest BCUT2D eigenvalue weighted by Gasteiger charge is -2.33. The fourth-order valence-electron chi connectivity index (χ4n) is 4.01. The van der Waals surface area contributed by atoms with Gasteiger partial charge in [-0.2, -0.15) is 18.4 Å². The first-order chi connectivity index (χ1) is 14.5. The molecule has 1 heterocycles. The summed E-state index contributed by atoms with van der Waals surface area (Å²) in [6, 6.07) is 7.58. The molecule has 1 fully saturated rings. The molecule has 1 unspecified atom stereocenters. The lowest BCUT2D eigenvalue weighted by Crippen LogP contribution is -2.45. The molecule has 2 aromatic carbocycles. The molecular formula is C22H20ClF4N3O. The number of nitrogens with zero attached hydrogens (tertiary/aromatic N) is 2. The molecule has 2 aromatic rings. The Morgan fingerprint density at radius 1 is 1.26 bits per heavy atom. The lowest BCUT2D eigenvalue weighted by molar-refractivity contribution is -0.138. The van der Waals surface area contributed by atoms with Crippen molar-refractivity contribution in [2.75, 3.05) is 5.32 Å². The van der Waals surface area contributed by atoms with E-state index in [4.69, 9.17) is 16.9 Å². The molecule has 0 bridgehead atoms. The number of carbonyl (C=O) groups is 1. The Morgan fingerprint density at radius 3 is 2.55 bits per heavy atom. The molecule has 2 atom stereocenters. The molecule has 0 aromatic heterocycles. The number of benzene rings is 2. The van der Waals surface area contributed by atoms with Crippen LogP contribution in [0.4, 0.5) is 23.2 Å². The van der Waals surface area contributed by atoms with Crippen LogP contribution in [0.1, 0.15) is 37.0 Å². The Bertz CT molecular complexity index is 1030. The molecule has 0 saturated carbocycles. The van der Waals surface area contributed by atoms with E-state index in [9.17, 15) is 22.4 Å². The van der Waals surface area contributed by atoms with Crippen molar-refractivity contribution < 1.29 is 22.4 Å². The Hall–Kier alpha value is -2.79. The second-order valence-corrected chi connectivity index (χ2v) is 8.13. The molecule has 1 N–H and O–H groups in total. The van der Waals surface area contributed by atoms with Gasteiger partial charge in [-0.15, -0.1) is 0 Å². The number of hydrogen-bond acceptors (Lipinski definition) is 3. The Balaban J connectivity index is 1.96. The average molecular weight is 454 g/mol. The maximum Gasteiger partial charge on any atom is 0.416 e. The molecule has 0 spiro atoms. The molecule has 164 valence electrons. The molecule has 0 radical (unpaired) electrons. The minimum atomic E-state index is -4.64. The van der Waals surface area contributed by atoms with Crippen molar-refractivity contribution >= 4 is 23.2 Å². The van der Waals surface area contributed by atoms with Crippen molar-refractivity contribution in [1.29, 1.82) is 5.26 Å². The van der Waals surface area contributed by atoms with Gasteiger partial charge in [0, 0.05) is 18.2 Å². The molecule has 9 heteroatoms. The van der Waals surface area contributed by atoms with Gasteiger partial charge in [0.15, 0.2) is 0 Å². The third-order valence-electron chi connectivity index (χ3n) is 5.30. The van der Waals surface area contributed by atoms with Gasteiger partial charge in [-0.25, -0.2) is 4.39 Å². The van der Waals surface area contributed by atoms with E-state index < -0.39 is 29.6 Å². The molecular weight excluding hydrogens is 434 g/mol. The first-order valence-corrected chi connectivity index (χ1v) is 10.0. The van der Waals surface area contributed by atoms with Gasteiger partial charge in [0.25, 0.3) is 0 Å². The summed E-state index contributed by atoms with van der Waals surface area (Å²) in [7, 11) is 0. The van der Waals surface area contributed by atoms with E-state index >= 15 is 0 Å². The number of amides is 1. The lowest BCUT2D eigenvalue weighted by atomic mass is 9.95. The largest absolute Gasteiger partial charge is 0.416 e. The van der Waals surface area contributed by atoms with E-state index in [-0.39, 0.29) is 40.9 Å². The Kier molecular flexibility index (Phi) is 6.46. The van der Waals surface area contributed by atoms with Crippen LogP contribution >= 0.6 is 11.6 Å². The van der Waals surface area contributed by atoms with Gasteiger partial charge in [-0.05, 0) is 62.2 Å². The van der Waals surface area contributed by atoms with E-state index in [0.29, 0.717) is 5.69 Å². The maximum absolute atomic E-state index is 13.8. The number of carbonyl (C=O) groups excluding carboxylic acids is 1. The maximum atomic E-state index is 13.8. The van der Waals surface area contributed by atoms with Crippen LogP contribution in [0.15, 0.2) is 36.4 Å². The number of likely N-dealkylation sites (tertiary alicyclic amines) is 1. The topological polar surface area (TPSA) is 56.1 Å². The van der Waals surface area contributed by atoms with Gasteiger partial charge < -0.3 is 10.2 Å². The summed E-state index contributed by atoms with van der Waals surface area (Å²) in [6.45, 7) is 3.56. The quantitative estimate of drug-likeness (QED) is 0.616. The van der Waals surface area contributed by atoms with Gasteiger partial charge in [0.05, 0.1) is 28.2 Å². The van der Waals surface area contributed by atoms with Crippen LogP contribution in [0.3, 0.4) is 0 Å². The van der Waals surface area contributed by atoms with Crippen LogP contribution in [0.25, 0.3) is 0 Å². The predicted molar refractivity (Wildman–Crippen MR) is 109 cm³/mol. The number of nitrogens with one attached hydrogen (secondary N) is 1. The molecule has 3 rings (SSSR count). The van der Waals surface area contributed by atoms with Crippen LogP contribution in [0, 0.1) is 17.1 Å². The fourth-order valence-corrected chi connectivity index (χ4v) is 4.23. The zero-order chi connectivity index (χ0) is 22.9. The van der Waals surface area contributed by atoms with Crippen molar-refractivity contribution in [2.24, 2.45) is 0 Å². The third kappa shape index (κ3) is 4.93. The number of alkyl halides is 3. The van der Waals surface area contributed by atoms with E-state index in [2.05, 4.69) is 5.32 Å². The predicted octanol–water partition coefficient (Wildman–Crippen LogP) is 5.40. The SMILES string of the molecule is CC(C)N1C(=O)C[C@H](Nc2ccc(C#N)c(Cl)c2)C1Cc1cc(F)ccc1C(F)(F)F. The second kappa shape index (κ2) is 8.75. The van der Waals surface area contributed by atoms with Gasteiger partial charge >= 0.3 is 6.18 Å². The second-order valence-electron chi connectivity index (χ2n) is 7.73. The summed E-state index contributed by atoms with van der Waals surface area (Å²) >= 11 is 6.07. The van der Waals surface area contributed by atoms with Gasteiger partial charge in [-0.1, -0.05) is 11.6 Å². The average Bonchev–Trinajstić information content (AvgIpc) is 2.96. The van der Waals surface area contributed by atoms with Gasteiger partial charge in [0.2, 0.25) is 5.91 Å². The molecule has 1 aliphatic rings. The first kappa shape index (κ1) is 22.9. The van der Waals surface area contributed by atoms with E-state index in [1.807, 2.05) is 6.07 Å². The van der Waals surface area contributed by atoms with Crippen LogP contribution in [-0.2, 0) is 17.4 Å². The highest BCUT2D eigenvalue weighted by Gasteiger charge is 2.43. The number of rotatable bonds is 5. The highest BCUT2D eigenvalue weighted by molar-refractivity contribution is 6.32. The summed E-state index contributed by atoms with van der Waals surface area (Å²) in [5.74, 6) is -0.978. The fraction of sp³-hybridized carbons (Fsp3) is 0.364. The van der Waals surface area contributed by atoms with Gasteiger partial charge in [-0.3, -0.25) is 4.79 Å². The Labute approximate surface area is 182 Å². The molecule has 4 nitrogen and oxygen atoms in total. The molecule has 0 aliphatic carbocycles. The molecule has 1 aliphatic heterocycles. The Morgan fingerprint density at radius 2 is 1.97 bits per heavy atom. The van der Waals surface area contributed by atoms with Crippen LogP contribution in [-0.4, -0.2) is 28.9 Å². The highest BCUT2D eigenvalue weighted by Crippen LogP contribution is 2.36. The zero-order valence-corrected chi connectivity index (χ0v) is 17.6. The van der Waals surface area contributed by atoms with Gasteiger partial charge in [0.1, 0.15) is 11.9 Å². The summed E-state index contributed by atoms with van der Waals surface area (Å²) in [5.41, 5.74) is -0.308. The number of nitriles is 1. The number of halogens is 5. The van der Waals surface area contributed by atoms with Crippen molar-refractivity contribution in [3.63, 3.8) is 0 Å². The van der Waals surface area contributed by atoms with E-state index in [1.54, 1.807) is 19.9 Å². The standard InChI is InChI=1S/C22H20ClF4N3O/c1-12(2)30-20(8-14-7-15(24)4-6-17(14)22(25,26)27)19(10-21(30)31)29-16-5-3-13(11-28)18(23)9-16/h3-7,9,12,19-20,29H,8,10H2,1-2H3/t19-,20?/m0/s1. The normalized spacial score (nSPS) is 19.1. The van der Waals surface area contributed by atoms with Crippen LogP contribution < -0.4 is 5.32 Å². The minimum Gasteiger partial charge on any atom is -0.380 e. The smallest absolute Gasteiger partial charge is 0.380 e. The van der Waals surface area contributed by atoms with E-state index in [0.717, 1.165) is 18.2 Å². The van der Waals surface area contributed by atoms with Crippen molar-refractivity contribution in [2.45, 2.75) is 51.0 Å². The number of anilines is 1. The van der Waals surface area contributed by atoms with Crippen molar-refractivity contribution in [3.8, 4) is 6.07 Å². The van der Waals surface area contributed by atoms with Crippen LogP contribution in [0.5, 0.6) is 0 Å². The zero-order valence-electron chi connectivity index (χ0n) is 16.8. The minimum absolute atomic E-state index is 0.0666. The van der Waals surface area contributed by atoms with Crippen LogP contribution in [0.2, 0.25) is 5.02 Å². The molecule has 31 heavy (non-hydrogen) atoms. The first-order valence-electron chi connectivity index (χ1n) is 9.64. The van der Waals surface area contributed by atoms with Crippen molar-refractivity contribution in [1.82, 2.24) is 4.90 Å². The summed E-state index contributed by atoms with van der Waals surface area (Å²) < 4.78 is 54.3. The summed E-state index contributed by atoms with van der Waals surface area (Å²) in [4.78, 5) is 14.2. The van der Waals surface area contributed by atoms with Crippen molar-refractivity contribution in [3.05, 3.63) is 63.9 Å². The number of hydrogen-bond donors (Lipinski definition) is 1. The summed E-state index contributed by atoms with van der Waals surface area (Å²) in [6.07, 6.45) is -4.74.